The van der Waals surface area contributed by atoms with Gasteiger partial charge in [-0.05, 0) is 44.5 Å². The van der Waals surface area contributed by atoms with Crippen LogP contribution in [0.3, 0.4) is 0 Å². The highest BCUT2D eigenvalue weighted by atomic mass is 16.5. The molecule has 2 rings (SSSR count). The Kier molecular flexibility index (Phi) is 3.67. The first-order chi connectivity index (χ1) is 8.61. The van der Waals surface area contributed by atoms with E-state index in [-0.39, 0.29) is 0 Å². The van der Waals surface area contributed by atoms with Crippen molar-refractivity contribution in [3.05, 3.63) is 41.1 Å². The van der Waals surface area contributed by atoms with E-state index in [2.05, 4.69) is 5.10 Å². The number of ether oxygens (including phenoxy) is 1. The lowest BCUT2D eigenvalue weighted by Crippen LogP contribution is -2.05. The second kappa shape index (κ2) is 5.23. The molecule has 18 heavy (non-hydrogen) atoms. The zero-order valence-electron chi connectivity index (χ0n) is 11.1. The minimum atomic E-state index is 0.594. The van der Waals surface area contributed by atoms with Gasteiger partial charge < -0.3 is 10.5 Å². The SMILES string of the molecule is Cc1cccc(Oc2c(CCN)c(C)nn2C)c1. The van der Waals surface area contributed by atoms with Crippen LogP contribution in [0.5, 0.6) is 11.6 Å². The zero-order valence-corrected chi connectivity index (χ0v) is 11.1. The van der Waals surface area contributed by atoms with Crippen LogP contribution in [-0.4, -0.2) is 16.3 Å². The van der Waals surface area contributed by atoms with Crippen molar-refractivity contribution in [2.75, 3.05) is 6.54 Å². The van der Waals surface area contributed by atoms with Gasteiger partial charge in [0.2, 0.25) is 5.88 Å². The van der Waals surface area contributed by atoms with Gasteiger partial charge in [0.1, 0.15) is 5.75 Å². The first kappa shape index (κ1) is 12.6. The molecule has 0 bridgehead atoms. The molecule has 1 aromatic carbocycles. The molecule has 2 aromatic rings. The second-order valence-electron chi connectivity index (χ2n) is 4.45. The Morgan fingerprint density at radius 2 is 2.11 bits per heavy atom. The van der Waals surface area contributed by atoms with Crippen molar-refractivity contribution < 1.29 is 4.74 Å². The van der Waals surface area contributed by atoms with Gasteiger partial charge >= 0.3 is 0 Å². The molecule has 0 spiro atoms. The molecule has 0 radical (unpaired) electrons. The maximum Gasteiger partial charge on any atom is 0.221 e. The van der Waals surface area contributed by atoms with Crippen molar-refractivity contribution in [2.24, 2.45) is 12.8 Å². The molecule has 0 aliphatic heterocycles. The van der Waals surface area contributed by atoms with Crippen LogP contribution in [0.1, 0.15) is 16.8 Å². The second-order valence-corrected chi connectivity index (χ2v) is 4.45. The summed E-state index contributed by atoms with van der Waals surface area (Å²) < 4.78 is 7.71. The molecule has 0 atom stereocenters. The van der Waals surface area contributed by atoms with Crippen LogP contribution >= 0.6 is 0 Å². The first-order valence-electron chi connectivity index (χ1n) is 6.09. The highest BCUT2D eigenvalue weighted by Gasteiger charge is 2.14. The molecule has 0 unspecified atom stereocenters. The van der Waals surface area contributed by atoms with Crippen molar-refractivity contribution in [3.8, 4) is 11.6 Å². The van der Waals surface area contributed by atoms with Crippen LogP contribution < -0.4 is 10.5 Å². The molecule has 0 amide bonds. The molecule has 4 nitrogen and oxygen atoms in total. The van der Waals surface area contributed by atoms with E-state index in [1.165, 1.54) is 5.56 Å². The Balaban J connectivity index is 2.33. The molecule has 0 saturated carbocycles. The molecule has 0 saturated heterocycles. The van der Waals surface area contributed by atoms with Crippen molar-refractivity contribution in [1.82, 2.24) is 9.78 Å². The molecule has 4 heteroatoms. The maximum absolute atomic E-state index is 5.94. The Hall–Kier alpha value is -1.81. The van der Waals surface area contributed by atoms with E-state index in [1.807, 2.05) is 45.2 Å². The van der Waals surface area contributed by atoms with Gasteiger partial charge in [-0.1, -0.05) is 12.1 Å². The first-order valence-corrected chi connectivity index (χ1v) is 6.09. The van der Waals surface area contributed by atoms with E-state index in [0.29, 0.717) is 6.54 Å². The number of rotatable bonds is 4. The minimum absolute atomic E-state index is 0.594. The third-order valence-corrected chi connectivity index (χ3v) is 2.89. The summed E-state index contributed by atoms with van der Waals surface area (Å²) in [5.74, 6) is 1.61. The Morgan fingerprint density at radius 3 is 2.78 bits per heavy atom. The number of hydrogen-bond donors (Lipinski definition) is 1. The van der Waals surface area contributed by atoms with Gasteiger partial charge in [-0.2, -0.15) is 5.10 Å². The maximum atomic E-state index is 5.94. The van der Waals surface area contributed by atoms with E-state index in [0.717, 1.165) is 29.3 Å². The van der Waals surface area contributed by atoms with Crippen LogP contribution in [0.25, 0.3) is 0 Å². The molecular formula is C14H19N3O. The quantitative estimate of drug-likeness (QED) is 0.899. The fraction of sp³-hybridized carbons (Fsp3) is 0.357. The lowest BCUT2D eigenvalue weighted by Gasteiger charge is -2.08. The molecule has 1 aromatic heterocycles. The van der Waals surface area contributed by atoms with Gasteiger partial charge in [0, 0.05) is 12.6 Å². The average molecular weight is 245 g/mol. The Morgan fingerprint density at radius 1 is 1.33 bits per heavy atom. The summed E-state index contributed by atoms with van der Waals surface area (Å²) in [5, 5.41) is 4.38. The van der Waals surface area contributed by atoms with Gasteiger partial charge in [0.15, 0.2) is 0 Å². The number of benzene rings is 1. The Labute approximate surface area is 107 Å². The van der Waals surface area contributed by atoms with Crippen LogP contribution in [0.2, 0.25) is 0 Å². The topological polar surface area (TPSA) is 53.1 Å². The highest BCUT2D eigenvalue weighted by Crippen LogP contribution is 2.27. The summed E-state index contributed by atoms with van der Waals surface area (Å²) in [6.45, 7) is 4.62. The number of aryl methyl sites for hydroxylation is 3. The fourth-order valence-electron chi connectivity index (χ4n) is 2.03. The van der Waals surface area contributed by atoms with Crippen molar-refractivity contribution in [1.29, 1.82) is 0 Å². The molecular weight excluding hydrogens is 226 g/mol. The van der Waals surface area contributed by atoms with Gasteiger partial charge in [0.25, 0.3) is 0 Å². The molecule has 1 heterocycles. The zero-order chi connectivity index (χ0) is 13.1. The van der Waals surface area contributed by atoms with E-state index in [9.17, 15) is 0 Å². The number of hydrogen-bond acceptors (Lipinski definition) is 3. The van der Waals surface area contributed by atoms with Crippen molar-refractivity contribution in [2.45, 2.75) is 20.3 Å². The summed E-state index contributed by atoms with van der Waals surface area (Å²) in [6.07, 6.45) is 0.779. The predicted octanol–water partition coefficient (Wildman–Crippen LogP) is 2.33. The summed E-state index contributed by atoms with van der Waals surface area (Å²) in [6, 6.07) is 7.98. The van der Waals surface area contributed by atoms with Crippen LogP contribution in [0, 0.1) is 13.8 Å². The minimum Gasteiger partial charge on any atom is -0.439 e. The van der Waals surface area contributed by atoms with E-state index in [4.69, 9.17) is 10.5 Å². The summed E-state index contributed by atoms with van der Waals surface area (Å²) >= 11 is 0. The van der Waals surface area contributed by atoms with Crippen molar-refractivity contribution >= 4 is 0 Å². The van der Waals surface area contributed by atoms with Crippen molar-refractivity contribution in [3.63, 3.8) is 0 Å². The van der Waals surface area contributed by atoms with Gasteiger partial charge in [-0.15, -0.1) is 0 Å². The van der Waals surface area contributed by atoms with Gasteiger partial charge in [-0.3, -0.25) is 0 Å². The third-order valence-electron chi connectivity index (χ3n) is 2.89. The monoisotopic (exact) mass is 245 g/mol. The van der Waals surface area contributed by atoms with E-state index in [1.54, 1.807) is 4.68 Å². The van der Waals surface area contributed by atoms with E-state index >= 15 is 0 Å². The average Bonchev–Trinajstić information content (AvgIpc) is 2.57. The molecule has 0 aliphatic rings. The smallest absolute Gasteiger partial charge is 0.221 e. The summed E-state index contributed by atoms with van der Waals surface area (Å²) in [7, 11) is 1.89. The number of nitrogens with zero attached hydrogens (tertiary/aromatic N) is 2. The third kappa shape index (κ3) is 2.54. The molecule has 0 aliphatic carbocycles. The molecule has 2 N–H and O–H groups in total. The number of aromatic nitrogens is 2. The molecule has 0 fully saturated rings. The van der Waals surface area contributed by atoms with Crippen LogP contribution in [-0.2, 0) is 13.5 Å². The van der Waals surface area contributed by atoms with Crippen LogP contribution in [0.4, 0.5) is 0 Å². The van der Waals surface area contributed by atoms with E-state index < -0.39 is 0 Å². The Bertz CT molecular complexity index is 546. The normalized spacial score (nSPS) is 10.7. The standard InChI is InChI=1S/C14H19N3O/c1-10-5-4-6-12(9-10)18-14-13(7-8-15)11(2)16-17(14)3/h4-6,9H,7-8,15H2,1-3H3. The van der Waals surface area contributed by atoms with Gasteiger partial charge in [0.05, 0.1) is 5.69 Å². The van der Waals surface area contributed by atoms with Gasteiger partial charge in [-0.25, -0.2) is 4.68 Å². The lowest BCUT2D eigenvalue weighted by atomic mass is 10.2. The lowest BCUT2D eigenvalue weighted by molar-refractivity contribution is 0.425. The van der Waals surface area contributed by atoms with Crippen LogP contribution in [0.15, 0.2) is 24.3 Å². The highest BCUT2D eigenvalue weighted by molar-refractivity contribution is 5.37. The summed E-state index contributed by atoms with van der Waals surface area (Å²) in [4.78, 5) is 0. The largest absolute Gasteiger partial charge is 0.439 e. The predicted molar refractivity (Wildman–Crippen MR) is 72.0 cm³/mol. The number of nitrogens with two attached hydrogens (primary N) is 1. The fourth-order valence-corrected chi connectivity index (χ4v) is 2.03. The molecule has 96 valence electrons. The summed E-state index contributed by atoms with van der Waals surface area (Å²) in [5.41, 5.74) is 8.87.